The van der Waals surface area contributed by atoms with E-state index in [9.17, 15) is 9.18 Å². The van der Waals surface area contributed by atoms with Gasteiger partial charge < -0.3 is 10.1 Å². The normalized spacial score (nSPS) is 11.8. The first-order valence-corrected chi connectivity index (χ1v) is 8.21. The van der Waals surface area contributed by atoms with Crippen molar-refractivity contribution in [2.24, 2.45) is 0 Å². The second-order valence-corrected chi connectivity index (χ2v) is 5.88. The summed E-state index contributed by atoms with van der Waals surface area (Å²) in [4.78, 5) is 12.2. The van der Waals surface area contributed by atoms with Crippen molar-refractivity contribution in [2.75, 3.05) is 7.11 Å². The highest BCUT2D eigenvalue weighted by molar-refractivity contribution is 5.76. The molecule has 0 radical (unpaired) electrons. The van der Waals surface area contributed by atoms with Crippen molar-refractivity contribution in [1.29, 1.82) is 0 Å². The summed E-state index contributed by atoms with van der Waals surface area (Å²) in [5.41, 5.74) is 3.08. The van der Waals surface area contributed by atoms with Crippen molar-refractivity contribution in [2.45, 2.75) is 39.2 Å². The number of amides is 1. The molecule has 3 nitrogen and oxygen atoms in total. The second-order valence-electron chi connectivity index (χ2n) is 5.88. The van der Waals surface area contributed by atoms with Crippen LogP contribution in [0.5, 0.6) is 5.75 Å². The number of carbonyl (C=O) groups excluding carboxylic acids is 1. The lowest BCUT2D eigenvalue weighted by molar-refractivity contribution is -0.121. The number of rotatable bonds is 7. The topological polar surface area (TPSA) is 38.3 Å². The van der Waals surface area contributed by atoms with Crippen molar-refractivity contribution in [3.8, 4) is 5.75 Å². The van der Waals surface area contributed by atoms with Crippen LogP contribution >= 0.6 is 0 Å². The maximum absolute atomic E-state index is 12.9. The highest BCUT2D eigenvalue weighted by Crippen LogP contribution is 2.24. The van der Waals surface area contributed by atoms with Gasteiger partial charge in [-0.2, -0.15) is 0 Å². The number of nitrogens with one attached hydrogen (secondary N) is 1. The van der Waals surface area contributed by atoms with Crippen LogP contribution in [0.25, 0.3) is 0 Å². The molecule has 0 heterocycles. The standard InChI is InChI=1S/C20H24FNO2/c1-4-18(16-8-11-19(24-3)14(2)13-16)22-20(23)12-7-15-5-9-17(21)10-6-15/h5-6,8-11,13,18H,4,7,12H2,1-3H3,(H,22,23)/t18-/m0/s1. The summed E-state index contributed by atoms with van der Waals surface area (Å²) in [5.74, 6) is 0.583. The fourth-order valence-electron chi connectivity index (χ4n) is 2.71. The van der Waals surface area contributed by atoms with Crippen molar-refractivity contribution in [3.05, 3.63) is 65.0 Å². The SMILES string of the molecule is CC[C@H](NC(=O)CCc1ccc(F)cc1)c1ccc(OC)c(C)c1. The molecular weight excluding hydrogens is 305 g/mol. The first-order chi connectivity index (χ1) is 11.5. The van der Waals surface area contributed by atoms with Crippen LogP contribution in [0.3, 0.4) is 0 Å². The third-order valence-corrected chi connectivity index (χ3v) is 4.12. The van der Waals surface area contributed by atoms with E-state index in [1.807, 2.05) is 32.0 Å². The minimum Gasteiger partial charge on any atom is -0.496 e. The van der Waals surface area contributed by atoms with E-state index in [1.165, 1.54) is 12.1 Å². The highest BCUT2D eigenvalue weighted by Gasteiger charge is 2.14. The van der Waals surface area contributed by atoms with Gasteiger partial charge in [-0.1, -0.05) is 31.2 Å². The van der Waals surface area contributed by atoms with Gasteiger partial charge in [0, 0.05) is 6.42 Å². The van der Waals surface area contributed by atoms with Gasteiger partial charge in [0.15, 0.2) is 0 Å². The summed E-state index contributed by atoms with van der Waals surface area (Å²) in [7, 11) is 1.65. The average Bonchev–Trinajstić information content (AvgIpc) is 2.59. The number of halogens is 1. The Morgan fingerprint density at radius 1 is 1.21 bits per heavy atom. The molecular formula is C20H24FNO2. The molecule has 128 valence electrons. The zero-order valence-electron chi connectivity index (χ0n) is 14.4. The van der Waals surface area contributed by atoms with E-state index in [0.717, 1.165) is 28.9 Å². The number of hydrogen-bond donors (Lipinski definition) is 1. The number of benzene rings is 2. The van der Waals surface area contributed by atoms with Crippen LogP contribution in [0.1, 0.15) is 42.5 Å². The summed E-state index contributed by atoms with van der Waals surface area (Å²) in [5, 5.41) is 3.08. The van der Waals surface area contributed by atoms with E-state index in [2.05, 4.69) is 5.32 Å². The molecule has 0 fully saturated rings. The van der Waals surface area contributed by atoms with Crippen molar-refractivity contribution < 1.29 is 13.9 Å². The van der Waals surface area contributed by atoms with E-state index in [1.54, 1.807) is 19.2 Å². The van der Waals surface area contributed by atoms with Gasteiger partial charge in [-0.15, -0.1) is 0 Å². The van der Waals surface area contributed by atoms with Gasteiger partial charge in [0.05, 0.1) is 13.2 Å². The lowest BCUT2D eigenvalue weighted by atomic mass is 10.0. The molecule has 1 atom stereocenters. The Hall–Kier alpha value is -2.36. The van der Waals surface area contributed by atoms with Gasteiger partial charge in [0.2, 0.25) is 5.91 Å². The first kappa shape index (κ1) is 18.0. The molecule has 1 amide bonds. The molecule has 0 unspecified atom stereocenters. The Morgan fingerprint density at radius 2 is 1.92 bits per heavy atom. The Kier molecular flexibility index (Phi) is 6.36. The predicted octanol–water partition coefficient (Wildman–Crippen LogP) is 4.34. The zero-order chi connectivity index (χ0) is 17.5. The maximum Gasteiger partial charge on any atom is 0.220 e. The molecule has 2 aromatic rings. The van der Waals surface area contributed by atoms with Crippen molar-refractivity contribution in [1.82, 2.24) is 5.32 Å². The molecule has 0 saturated heterocycles. The van der Waals surface area contributed by atoms with Gasteiger partial charge in [0.1, 0.15) is 11.6 Å². The van der Waals surface area contributed by atoms with Crippen LogP contribution in [-0.2, 0) is 11.2 Å². The van der Waals surface area contributed by atoms with Crippen LogP contribution in [0, 0.1) is 12.7 Å². The molecule has 2 rings (SSSR count). The second kappa shape index (κ2) is 8.48. The Labute approximate surface area is 142 Å². The summed E-state index contributed by atoms with van der Waals surface area (Å²) in [6.45, 7) is 4.04. The van der Waals surface area contributed by atoms with Gasteiger partial charge in [-0.05, 0) is 54.7 Å². The third kappa shape index (κ3) is 4.82. The molecule has 0 aliphatic carbocycles. The van der Waals surface area contributed by atoms with E-state index in [0.29, 0.717) is 12.8 Å². The van der Waals surface area contributed by atoms with Gasteiger partial charge in [-0.3, -0.25) is 4.79 Å². The van der Waals surface area contributed by atoms with Crippen LogP contribution in [0.15, 0.2) is 42.5 Å². The quantitative estimate of drug-likeness (QED) is 0.820. The summed E-state index contributed by atoms with van der Waals surface area (Å²) < 4.78 is 18.2. The van der Waals surface area contributed by atoms with Gasteiger partial charge >= 0.3 is 0 Å². The van der Waals surface area contributed by atoms with Crippen LogP contribution in [0.2, 0.25) is 0 Å². The summed E-state index contributed by atoms with van der Waals surface area (Å²) in [6, 6.07) is 12.2. The molecule has 0 saturated carbocycles. The molecule has 0 spiro atoms. The van der Waals surface area contributed by atoms with Crippen molar-refractivity contribution in [3.63, 3.8) is 0 Å². The Bertz CT molecular complexity index is 683. The molecule has 4 heteroatoms. The minimum absolute atomic E-state index is 0.000328. The van der Waals surface area contributed by atoms with Crippen LogP contribution in [0.4, 0.5) is 4.39 Å². The number of hydrogen-bond acceptors (Lipinski definition) is 2. The average molecular weight is 329 g/mol. The van der Waals surface area contributed by atoms with E-state index in [4.69, 9.17) is 4.74 Å². The molecule has 1 N–H and O–H groups in total. The van der Waals surface area contributed by atoms with Gasteiger partial charge in [0.25, 0.3) is 0 Å². The third-order valence-electron chi connectivity index (χ3n) is 4.12. The van der Waals surface area contributed by atoms with Crippen molar-refractivity contribution >= 4 is 5.91 Å². The molecule has 24 heavy (non-hydrogen) atoms. The maximum atomic E-state index is 12.9. The monoisotopic (exact) mass is 329 g/mol. The lowest BCUT2D eigenvalue weighted by Crippen LogP contribution is -2.28. The minimum atomic E-state index is -0.260. The first-order valence-electron chi connectivity index (χ1n) is 8.21. The lowest BCUT2D eigenvalue weighted by Gasteiger charge is -2.19. The Balaban J connectivity index is 1.95. The smallest absolute Gasteiger partial charge is 0.220 e. The van der Waals surface area contributed by atoms with E-state index in [-0.39, 0.29) is 17.8 Å². The van der Waals surface area contributed by atoms with E-state index >= 15 is 0 Å². The number of ether oxygens (including phenoxy) is 1. The van der Waals surface area contributed by atoms with E-state index < -0.39 is 0 Å². The Morgan fingerprint density at radius 3 is 2.50 bits per heavy atom. The molecule has 2 aromatic carbocycles. The molecule has 0 aliphatic heterocycles. The number of methoxy groups -OCH3 is 1. The molecule has 0 bridgehead atoms. The highest BCUT2D eigenvalue weighted by atomic mass is 19.1. The molecule has 0 aromatic heterocycles. The van der Waals surface area contributed by atoms with Crippen LogP contribution in [-0.4, -0.2) is 13.0 Å². The fraction of sp³-hybridized carbons (Fsp3) is 0.350. The largest absolute Gasteiger partial charge is 0.496 e. The van der Waals surface area contributed by atoms with Crippen LogP contribution < -0.4 is 10.1 Å². The predicted molar refractivity (Wildman–Crippen MR) is 93.6 cm³/mol. The number of aryl methyl sites for hydroxylation is 2. The van der Waals surface area contributed by atoms with Gasteiger partial charge in [-0.25, -0.2) is 4.39 Å². The molecule has 0 aliphatic rings. The fourth-order valence-corrected chi connectivity index (χ4v) is 2.71. The number of carbonyl (C=O) groups is 1. The summed E-state index contributed by atoms with van der Waals surface area (Å²) >= 11 is 0. The zero-order valence-corrected chi connectivity index (χ0v) is 14.4. The summed E-state index contributed by atoms with van der Waals surface area (Å²) in [6.07, 6.45) is 1.80.